The van der Waals surface area contributed by atoms with Crippen LogP contribution in [0, 0.1) is 0 Å². The van der Waals surface area contributed by atoms with E-state index in [1.165, 1.54) is 11.1 Å². The van der Waals surface area contributed by atoms with Gasteiger partial charge < -0.3 is 10.6 Å². The predicted molar refractivity (Wildman–Crippen MR) is 79.4 cm³/mol. The van der Waals surface area contributed by atoms with E-state index in [0.717, 1.165) is 31.4 Å². The number of nitrogens with two attached hydrogens (primary N) is 1. The zero-order valence-corrected chi connectivity index (χ0v) is 12.2. The van der Waals surface area contributed by atoms with E-state index in [0.29, 0.717) is 6.42 Å². The number of likely N-dealkylation sites (N-methyl/N-ethyl adjacent to an activating group) is 1. The van der Waals surface area contributed by atoms with Gasteiger partial charge in [0.05, 0.1) is 6.42 Å². The maximum Gasteiger partial charge on any atom is 0.231 e. The van der Waals surface area contributed by atoms with E-state index in [1.807, 2.05) is 7.05 Å². The average molecular weight is 260 g/mol. The van der Waals surface area contributed by atoms with Gasteiger partial charge in [0, 0.05) is 18.3 Å². The standard InChI is InChI=1S/C16H24N2O/c1-16(2,17)9-5-4-6-12-7-8-14-13(10-12)11-15(19)18(14)3/h7-8,10H,4-6,9,11,17H2,1-3H3. The molecule has 1 aliphatic rings. The van der Waals surface area contributed by atoms with Crippen molar-refractivity contribution in [3.63, 3.8) is 0 Å². The molecule has 1 amide bonds. The van der Waals surface area contributed by atoms with Gasteiger partial charge in [-0.2, -0.15) is 0 Å². The maximum atomic E-state index is 11.6. The Morgan fingerprint density at radius 3 is 2.74 bits per heavy atom. The van der Waals surface area contributed by atoms with Crippen molar-refractivity contribution in [2.24, 2.45) is 5.73 Å². The molecular formula is C16H24N2O. The first-order chi connectivity index (χ1) is 8.87. The number of hydrogen-bond donors (Lipinski definition) is 1. The number of unbranched alkanes of at least 4 members (excludes halogenated alkanes) is 1. The molecule has 0 aliphatic carbocycles. The molecule has 0 fully saturated rings. The van der Waals surface area contributed by atoms with Crippen LogP contribution in [0.5, 0.6) is 0 Å². The summed E-state index contributed by atoms with van der Waals surface area (Å²) >= 11 is 0. The Balaban J connectivity index is 1.90. The molecule has 3 nitrogen and oxygen atoms in total. The van der Waals surface area contributed by atoms with Crippen molar-refractivity contribution >= 4 is 11.6 Å². The topological polar surface area (TPSA) is 46.3 Å². The van der Waals surface area contributed by atoms with E-state index in [9.17, 15) is 4.79 Å². The summed E-state index contributed by atoms with van der Waals surface area (Å²) in [5, 5.41) is 0. The van der Waals surface area contributed by atoms with Gasteiger partial charge in [0.1, 0.15) is 0 Å². The van der Waals surface area contributed by atoms with Crippen LogP contribution in [0.25, 0.3) is 0 Å². The fraction of sp³-hybridized carbons (Fsp3) is 0.562. The Morgan fingerprint density at radius 2 is 2.05 bits per heavy atom. The summed E-state index contributed by atoms with van der Waals surface area (Å²) in [7, 11) is 1.84. The lowest BCUT2D eigenvalue weighted by Gasteiger charge is -2.17. The number of hydrogen-bond acceptors (Lipinski definition) is 2. The summed E-state index contributed by atoms with van der Waals surface area (Å²) in [5.74, 6) is 0.192. The van der Waals surface area contributed by atoms with E-state index in [1.54, 1.807) is 4.90 Å². The van der Waals surface area contributed by atoms with Crippen molar-refractivity contribution in [3.05, 3.63) is 29.3 Å². The van der Waals surface area contributed by atoms with Crippen LogP contribution in [0.1, 0.15) is 44.2 Å². The summed E-state index contributed by atoms with van der Waals surface area (Å²) in [5.41, 5.74) is 9.48. The molecule has 0 unspecified atom stereocenters. The molecule has 0 radical (unpaired) electrons. The van der Waals surface area contributed by atoms with E-state index >= 15 is 0 Å². The fourth-order valence-electron chi connectivity index (χ4n) is 2.59. The SMILES string of the molecule is CN1C(=O)Cc2cc(CCCCC(C)(C)N)ccc21. The maximum absolute atomic E-state index is 11.6. The lowest BCUT2D eigenvalue weighted by Crippen LogP contribution is -2.31. The lowest BCUT2D eigenvalue weighted by molar-refractivity contribution is -0.117. The largest absolute Gasteiger partial charge is 0.326 e. The molecule has 0 spiro atoms. The Morgan fingerprint density at radius 1 is 1.32 bits per heavy atom. The second-order valence-corrected chi connectivity index (χ2v) is 6.29. The molecule has 2 rings (SSSR count). The number of amides is 1. The summed E-state index contributed by atoms with van der Waals surface area (Å²) in [4.78, 5) is 13.4. The van der Waals surface area contributed by atoms with Crippen LogP contribution in [-0.2, 0) is 17.6 Å². The van der Waals surface area contributed by atoms with Crippen LogP contribution in [0.3, 0.4) is 0 Å². The van der Waals surface area contributed by atoms with Crippen LogP contribution in [0.4, 0.5) is 5.69 Å². The van der Waals surface area contributed by atoms with Crippen LogP contribution in [-0.4, -0.2) is 18.5 Å². The molecule has 19 heavy (non-hydrogen) atoms. The van der Waals surface area contributed by atoms with Crippen molar-refractivity contribution in [2.75, 3.05) is 11.9 Å². The van der Waals surface area contributed by atoms with E-state index in [-0.39, 0.29) is 11.4 Å². The summed E-state index contributed by atoms with van der Waals surface area (Å²) < 4.78 is 0. The molecule has 0 aromatic heterocycles. The van der Waals surface area contributed by atoms with Gasteiger partial charge in [0.25, 0.3) is 0 Å². The third kappa shape index (κ3) is 3.57. The minimum Gasteiger partial charge on any atom is -0.326 e. The number of carbonyl (C=O) groups is 1. The molecule has 104 valence electrons. The van der Waals surface area contributed by atoms with Crippen molar-refractivity contribution in [2.45, 2.75) is 51.5 Å². The first kappa shape index (κ1) is 14.1. The average Bonchev–Trinajstić information content (AvgIpc) is 2.59. The molecule has 1 aromatic rings. The Labute approximate surface area is 115 Å². The van der Waals surface area contributed by atoms with Crippen molar-refractivity contribution in [1.82, 2.24) is 0 Å². The molecule has 1 aromatic carbocycles. The molecule has 0 saturated heterocycles. The molecule has 1 heterocycles. The highest BCUT2D eigenvalue weighted by molar-refractivity contribution is 6.00. The number of aryl methyl sites for hydroxylation is 1. The Kier molecular flexibility index (Phi) is 3.95. The summed E-state index contributed by atoms with van der Waals surface area (Å²) in [6.07, 6.45) is 4.98. The van der Waals surface area contributed by atoms with Gasteiger partial charge in [-0.1, -0.05) is 18.6 Å². The number of nitrogens with zero attached hydrogens (tertiary/aromatic N) is 1. The van der Waals surface area contributed by atoms with Crippen LogP contribution >= 0.6 is 0 Å². The van der Waals surface area contributed by atoms with Gasteiger partial charge in [-0.3, -0.25) is 4.79 Å². The molecular weight excluding hydrogens is 236 g/mol. The molecule has 3 heteroatoms. The quantitative estimate of drug-likeness (QED) is 0.827. The molecule has 0 atom stereocenters. The Hall–Kier alpha value is -1.35. The van der Waals surface area contributed by atoms with Crippen molar-refractivity contribution < 1.29 is 4.79 Å². The summed E-state index contributed by atoms with van der Waals surface area (Å²) in [6.45, 7) is 4.15. The van der Waals surface area contributed by atoms with Gasteiger partial charge in [0.2, 0.25) is 5.91 Å². The minimum absolute atomic E-state index is 0.0624. The van der Waals surface area contributed by atoms with Gasteiger partial charge in [-0.25, -0.2) is 0 Å². The highest BCUT2D eigenvalue weighted by Gasteiger charge is 2.23. The third-order valence-electron chi connectivity index (χ3n) is 3.76. The van der Waals surface area contributed by atoms with Gasteiger partial charge >= 0.3 is 0 Å². The van der Waals surface area contributed by atoms with Crippen LogP contribution in [0.2, 0.25) is 0 Å². The van der Waals surface area contributed by atoms with Crippen LogP contribution in [0.15, 0.2) is 18.2 Å². The summed E-state index contributed by atoms with van der Waals surface area (Å²) in [6, 6.07) is 6.40. The third-order valence-corrected chi connectivity index (χ3v) is 3.76. The van der Waals surface area contributed by atoms with Gasteiger partial charge in [-0.15, -0.1) is 0 Å². The first-order valence-electron chi connectivity index (χ1n) is 7.04. The molecule has 0 saturated carbocycles. The van der Waals surface area contributed by atoms with E-state index < -0.39 is 0 Å². The molecule has 1 aliphatic heterocycles. The van der Waals surface area contributed by atoms with Gasteiger partial charge in [-0.05, 0) is 50.3 Å². The van der Waals surface area contributed by atoms with E-state index in [2.05, 4.69) is 32.0 Å². The predicted octanol–water partition coefficient (Wildman–Crippen LogP) is 2.66. The van der Waals surface area contributed by atoms with Gasteiger partial charge in [0.15, 0.2) is 0 Å². The lowest BCUT2D eigenvalue weighted by atomic mass is 9.96. The number of benzene rings is 1. The molecule has 0 bridgehead atoms. The second-order valence-electron chi connectivity index (χ2n) is 6.29. The van der Waals surface area contributed by atoms with Crippen molar-refractivity contribution in [3.8, 4) is 0 Å². The number of carbonyl (C=O) groups excluding carboxylic acids is 1. The smallest absolute Gasteiger partial charge is 0.231 e. The van der Waals surface area contributed by atoms with E-state index in [4.69, 9.17) is 5.73 Å². The van der Waals surface area contributed by atoms with Crippen molar-refractivity contribution in [1.29, 1.82) is 0 Å². The fourth-order valence-corrected chi connectivity index (χ4v) is 2.59. The zero-order valence-electron chi connectivity index (χ0n) is 12.2. The normalized spacial score (nSPS) is 14.9. The zero-order chi connectivity index (χ0) is 14.0. The number of anilines is 1. The number of fused-ring (bicyclic) bond motifs is 1. The highest BCUT2D eigenvalue weighted by atomic mass is 16.2. The second kappa shape index (κ2) is 5.33. The first-order valence-corrected chi connectivity index (χ1v) is 7.04. The van der Waals surface area contributed by atoms with Crippen LogP contribution < -0.4 is 10.6 Å². The molecule has 2 N–H and O–H groups in total. The monoisotopic (exact) mass is 260 g/mol. The highest BCUT2D eigenvalue weighted by Crippen LogP contribution is 2.28. The minimum atomic E-state index is -0.0624. The Bertz CT molecular complexity index is 474. The number of rotatable bonds is 5.